The van der Waals surface area contributed by atoms with Gasteiger partial charge in [-0.15, -0.1) is 0 Å². The van der Waals surface area contributed by atoms with Gasteiger partial charge in [0.25, 0.3) is 11.7 Å². The first-order valence-corrected chi connectivity index (χ1v) is 10.3. The number of nitrogens with zero attached hydrogens (tertiary/aromatic N) is 1. The molecule has 0 aliphatic carbocycles. The van der Waals surface area contributed by atoms with Crippen LogP contribution in [0.3, 0.4) is 0 Å². The summed E-state index contributed by atoms with van der Waals surface area (Å²) in [7, 11) is 0. The maximum absolute atomic E-state index is 14.9. The van der Waals surface area contributed by atoms with E-state index in [4.69, 9.17) is 16.7 Å². The number of hydrogen-bond acceptors (Lipinski definition) is 4. The van der Waals surface area contributed by atoms with Gasteiger partial charge >= 0.3 is 5.97 Å². The number of hydrogen-bond donors (Lipinski definition) is 2. The van der Waals surface area contributed by atoms with E-state index in [1.807, 2.05) is 0 Å². The lowest BCUT2D eigenvalue weighted by Crippen LogP contribution is -2.29. The number of carboxylic acids is 1. The molecule has 0 bridgehead atoms. The number of benzene rings is 3. The molecule has 1 fully saturated rings. The minimum atomic E-state index is -1.26. The molecule has 2 N–H and O–H groups in total. The maximum Gasteiger partial charge on any atom is 0.307 e. The van der Waals surface area contributed by atoms with Gasteiger partial charge < -0.3 is 10.2 Å². The van der Waals surface area contributed by atoms with Crippen LogP contribution in [0, 0.1) is 5.82 Å². The minimum Gasteiger partial charge on any atom is -0.507 e. The summed E-state index contributed by atoms with van der Waals surface area (Å²) in [5.41, 5.74) is 0.585. The van der Waals surface area contributed by atoms with E-state index in [0.29, 0.717) is 5.56 Å². The molecule has 6 nitrogen and oxygen atoms in total. The largest absolute Gasteiger partial charge is 0.507 e. The number of carbonyl (C=O) groups excluding carboxylic acids is 2. The van der Waals surface area contributed by atoms with Gasteiger partial charge in [0.1, 0.15) is 11.6 Å². The van der Waals surface area contributed by atoms with Crippen molar-refractivity contribution in [2.45, 2.75) is 12.5 Å². The molecule has 166 valence electrons. The van der Waals surface area contributed by atoms with Gasteiger partial charge in [-0.25, -0.2) is 4.39 Å². The summed E-state index contributed by atoms with van der Waals surface area (Å²) in [6.07, 6.45) is -0.220. The number of ketones is 1. The van der Waals surface area contributed by atoms with Gasteiger partial charge in [-0.2, -0.15) is 0 Å². The Labute approximate surface area is 193 Å². The first kappa shape index (κ1) is 22.2. The average molecular weight is 466 g/mol. The van der Waals surface area contributed by atoms with E-state index < -0.39 is 35.3 Å². The van der Waals surface area contributed by atoms with Gasteiger partial charge in [-0.1, -0.05) is 54.1 Å². The first-order chi connectivity index (χ1) is 15.8. The Morgan fingerprint density at radius 3 is 2.21 bits per heavy atom. The highest BCUT2D eigenvalue weighted by atomic mass is 35.5. The fourth-order valence-corrected chi connectivity index (χ4v) is 4.06. The number of aliphatic hydroxyl groups is 1. The predicted molar refractivity (Wildman–Crippen MR) is 120 cm³/mol. The van der Waals surface area contributed by atoms with Crippen LogP contribution in [-0.4, -0.2) is 27.9 Å². The van der Waals surface area contributed by atoms with E-state index in [0.717, 1.165) is 4.90 Å². The van der Waals surface area contributed by atoms with Crippen molar-refractivity contribution >= 4 is 40.7 Å². The molecule has 1 amide bonds. The fourth-order valence-electron chi connectivity index (χ4n) is 3.84. The van der Waals surface area contributed by atoms with Crippen LogP contribution in [0.4, 0.5) is 10.1 Å². The third kappa shape index (κ3) is 4.10. The smallest absolute Gasteiger partial charge is 0.307 e. The molecule has 0 radical (unpaired) electrons. The standard InChI is InChI=1S/C25H17ClFNO5/c26-18-7-3-1-5-16(18)23(31)21-22(17-6-2-4-8-19(17)27)28(25(33)24(21)32)15-11-9-14(10-12-15)13-20(29)30/h1-12,22,31H,13H2,(H,29,30)/b23-21+. The summed E-state index contributed by atoms with van der Waals surface area (Å²) in [6.45, 7) is 0. The molecule has 1 atom stereocenters. The molecular weight excluding hydrogens is 449 g/mol. The summed E-state index contributed by atoms with van der Waals surface area (Å²) < 4.78 is 14.9. The number of aliphatic hydroxyl groups excluding tert-OH is 1. The molecule has 0 aromatic heterocycles. The average Bonchev–Trinajstić information content (AvgIpc) is 3.05. The van der Waals surface area contributed by atoms with Crippen molar-refractivity contribution in [1.29, 1.82) is 0 Å². The maximum atomic E-state index is 14.9. The second-order valence-corrected chi connectivity index (χ2v) is 7.81. The molecule has 3 aromatic carbocycles. The van der Waals surface area contributed by atoms with Gasteiger partial charge in [0.15, 0.2) is 0 Å². The molecule has 1 aliphatic heterocycles. The third-order valence-corrected chi connectivity index (χ3v) is 5.67. The van der Waals surface area contributed by atoms with E-state index in [2.05, 4.69) is 0 Å². The summed E-state index contributed by atoms with van der Waals surface area (Å²) in [5, 5.41) is 20.2. The highest BCUT2D eigenvalue weighted by Gasteiger charge is 2.47. The van der Waals surface area contributed by atoms with E-state index in [-0.39, 0.29) is 33.8 Å². The van der Waals surface area contributed by atoms with Gasteiger partial charge in [-0.3, -0.25) is 19.3 Å². The van der Waals surface area contributed by atoms with Gasteiger partial charge in [-0.05, 0) is 35.9 Å². The van der Waals surface area contributed by atoms with Gasteiger partial charge in [0.2, 0.25) is 0 Å². The highest BCUT2D eigenvalue weighted by molar-refractivity contribution is 6.52. The number of Topliss-reactive ketones (excluding diaryl/α,β-unsaturated/α-hetero) is 1. The SMILES string of the molecule is O=C(O)Cc1ccc(N2C(=O)C(=O)/C(=C(/O)c3ccccc3Cl)C2c2ccccc2F)cc1. The number of rotatable bonds is 5. The summed E-state index contributed by atoms with van der Waals surface area (Å²) in [5.74, 6) is -4.15. The molecule has 4 rings (SSSR count). The second kappa shape index (κ2) is 8.88. The molecule has 33 heavy (non-hydrogen) atoms. The summed E-state index contributed by atoms with van der Waals surface area (Å²) in [4.78, 5) is 38.2. The topological polar surface area (TPSA) is 94.9 Å². The minimum absolute atomic E-state index is 0.0138. The van der Waals surface area contributed by atoms with Crippen LogP contribution in [0.25, 0.3) is 5.76 Å². The van der Waals surface area contributed by atoms with Crippen molar-refractivity contribution in [3.8, 4) is 0 Å². The number of carboxylic acid groups (broad SMARTS) is 1. The Bertz CT molecular complexity index is 1300. The van der Waals surface area contributed by atoms with Crippen LogP contribution < -0.4 is 4.90 Å². The monoisotopic (exact) mass is 465 g/mol. The number of anilines is 1. The van der Waals surface area contributed by atoms with E-state index >= 15 is 0 Å². The lowest BCUT2D eigenvalue weighted by Gasteiger charge is -2.26. The van der Waals surface area contributed by atoms with Gasteiger partial charge in [0.05, 0.1) is 23.1 Å². The normalized spacial score (nSPS) is 17.4. The number of carbonyl (C=O) groups is 3. The quantitative estimate of drug-likeness (QED) is 0.322. The Balaban J connectivity index is 1.92. The van der Waals surface area contributed by atoms with Crippen molar-refractivity contribution in [1.82, 2.24) is 0 Å². The zero-order chi connectivity index (χ0) is 23.7. The van der Waals surface area contributed by atoms with Crippen LogP contribution >= 0.6 is 11.6 Å². The second-order valence-electron chi connectivity index (χ2n) is 7.41. The van der Waals surface area contributed by atoms with Crippen LogP contribution in [0.1, 0.15) is 22.7 Å². The molecule has 1 unspecified atom stereocenters. The van der Waals surface area contributed by atoms with Crippen molar-refractivity contribution in [2.75, 3.05) is 4.90 Å². The Kier molecular flexibility index (Phi) is 5.98. The molecule has 1 saturated heterocycles. The molecule has 1 heterocycles. The number of halogens is 2. The van der Waals surface area contributed by atoms with Crippen LogP contribution in [0.5, 0.6) is 0 Å². The molecule has 0 saturated carbocycles. The molecule has 3 aromatic rings. The number of amides is 1. The molecular formula is C25H17ClFNO5. The van der Waals surface area contributed by atoms with Crippen molar-refractivity contribution < 1.29 is 29.0 Å². The fraction of sp³-hybridized carbons (Fsp3) is 0.0800. The first-order valence-electron chi connectivity index (χ1n) is 9.90. The molecule has 8 heteroatoms. The van der Waals surface area contributed by atoms with Crippen molar-refractivity contribution in [3.05, 3.63) is 106 Å². The Morgan fingerprint density at radius 2 is 1.58 bits per heavy atom. The van der Waals surface area contributed by atoms with Crippen LogP contribution in [-0.2, 0) is 20.8 Å². The van der Waals surface area contributed by atoms with E-state index in [1.165, 1.54) is 54.6 Å². The summed E-state index contributed by atoms with van der Waals surface area (Å²) >= 11 is 6.19. The van der Waals surface area contributed by atoms with E-state index in [1.54, 1.807) is 18.2 Å². The lowest BCUT2D eigenvalue weighted by molar-refractivity contribution is -0.136. The van der Waals surface area contributed by atoms with Crippen molar-refractivity contribution in [3.63, 3.8) is 0 Å². The molecule has 1 aliphatic rings. The Hall–Kier alpha value is -3.97. The highest BCUT2D eigenvalue weighted by Crippen LogP contribution is 2.43. The number of aliphatic carboxylic acids is 1. The van der Waals surface area contributed by atoms with Crippen LogP contribution in [0.2, 0.25) is 5.02 Å². The zero-order valence-electron chi connectivity index (χ0n) is 17.0. The van der Waals surface area contributed by atoms with Crippen molar-refractivity contribution in [2.24, 2.45) is 0 Å². The van der Waals surface area contributed by atoms with Crippen LogP contribution in [0.15, 0.2) is 78.4 Å². The summed E-state index contributed by atoms with van der Waals surface area (Å²) in [6, 6.07) is 16.6. The third-order valence-electron chi connectivity index (χ3n) is 5.34. The Morgan fingerprint density at radius 1 is 0.939 bits per heavy atom. The molecule has 0 spiro atoms. The van der Waals surface area contributed by atoms with E-state index in [9.17, 15) is 23.9 Å². The van der Waals surface area contributed by atoms with Gasteiger partial charge in [0, 0.05) is 16.8 Å². The predicted octanol–water partition coefficient (Wildman–Crippen LogP) is 4.73. The lowest BCUT2D eigenvalue weighted by atomic mass is 9.94. The zero-order valence-corrected chi connectivity index (χ0v) is 17.8.